The fourth-order valence-electron chi connectivity index (χ4n) is 2.23. The quantitative estimate of drug-likeness (QED) is 0.893. The van der Waals surface area contributed by atoms with Gasteiger partial charge in [-0.1, -0.05) is 13.0 Å². The molecule has 0 saturated carbocycles. The van der Waals surface area contributed by atoms with Crippen LogP contribution in [0.25, 0.3) is 0 Å². The topological polar surface area (TPSA) is 78.9 Å². The number of carboxylic acids is 1. The van der Waals surface area contributed by atoms with Crippen LogP contribution in [0.2, 0.25) is 0 Å². The number of benzene rings is 1. The van der Waals surface area contributed by atoms with Gasteiger partial charge in [-0.2, -0.15) is 0 Å². The standard InChI is InChI=1S/C14H18N2O4S/c1-3-12-16(11(8-21-12)13(17)18)14(19)15-9-5-4-6-10(7-9)20-2/h4-7,11-12H,3,8H2,1-2H3,(H,15,19)(H,17,18). The number of rotatable bonds is 4. The number of aliphatic carboxylic acids is 1. The zero-order chi connectivity index (χ0) is 15.4. The first kappa shape index (κ1) is 15.5. The summed E-state index contributed by atoms with van der Waals surface area (Å²) in [5, 5.41) is 11.9. The van der Waals surface area contributed by atoms with Crippen LogP contribution in [0.15, 0.2) is 24.3 Å². The molecule has 0 spiro atoms. The van der Waals surface area contributed by atoms with Crippen molar-refractivity contribution in [1.29, 1.82) is 0 Å². The van der Waals surface area contributed by atoms with Crippen LogP contribution in [-0.4, -0.2) is 46.3 Å². The van der Waals surface area contributed by atoms with E-state index in [-0.39, 0.29) is 5.37 Å². The molecule has 2 amide bonds. The van der Waals surface area contributed by atoms with Gasteiger partial charge in [-0.3, -0.25) is 4.90 Å². The Balaban J connectivity index is 2.14. The Morgan fingerprint density at radius 3 is 2.90 bits per heavy atom. The van der Waals surface area contributed by atoms with Crippen LogP contribution in [0.5, 0.6) is 5.75 Å². The summed E-state index contributed by atoms with van der Waals surface area (Å²) in [5.41, 5.74) is 0.579. The minimum Gasteiger partial charge on any atom is -0.497 e. The van der Waals surface area contributed by atoms with Crippen LogP contribution in [-0.2, 0) is 4.79 Å². The number of hydrogen-bond donors (Lipinski definition) is 2. The third-order valence-corrected chi connectivity index (χ3v) is 4.74. The number of thioether (sulfide) groups is 1. The van der Waals surface area contributed by atoms with Crippen molar-refractivity contribution in [2.45, 2.75) is 24.8 Å². The molecule has 7 heteroatoms. The molecule has 0 aromatic heterocycles. The van der Waals surface area contributed by atoms with E-state index in [9.17, 15) is 14.7 Å². The minimum atomic E-state index is -0.973. The molecule has 0 bridgehead atoms. The number of carbonyl (C=O) groups is 2. The third-order valence-electron chi connectivity index (χ3n) is 3.28. The van der Waals surface area contributed by atoms with Gasteiger partial charge < -0.3 is 15.2 Å². The fourth-order valence-corrected chi connectivity index (χ4v) is 3.58. The largest absolute Gasteiger partial charge is 0.497 e. The predicted molar refractivity (Wildman–Crippen MR) is 81.8 cm³/mol. The van der Waals surface area contributed by atoms with Crippen LogP contribution >= 0.6 is 11.8 Å². The summed E-state index contributed by atoms with van der Waals surface area (Å²) in [6.07, 6.45) is 0.708. The Labute approximate surface area is 127 Å². The van der Waals surface area contributed by atoms with Gasteiger partial charge in [-0.15, -0.1) is 11.8 Å². The number of ether oxygens (including phenoxy) is 1. The number of urea groups is 1. The molecular weight excluding hydrogens is 292 g/mol. The molecule has 21 heavy (non-hydrogen) atoms. The maximum absolute atomic E-state index is 12.4. The molecule has 1 aliphatic heterocycles. The number of carbonyl (C=O) groups excluding carboxylic acids is 1. The average Bonchev–Trinajstić information content (AvgIpc) is 2.91. The summed E-state index contributed by atoms with van der Waals surface area (Å²) < 4.78 is 5.10. The second-order valence-electron chi connectivity index (χ2n) is 4.62. The van der Waals surface area contributed by atoms with Crippen molar-refractivity contribution in [2.24, 2.45) is 0 Å². The molecule has 114 valence electrons. The van der Waals surface area contributed by atoms with Crippen molar-refractivity contribution in [3.05, 3.63) is 24.3 Å². The first-order valence-electron chi connectivity index (χ1n) is 6.64. The van der Waals surface area contributed by atoms with E-state index in [1.807, 2.05) is 6.92 Å². The van der Waals surface area contributed by atoms with E-state index in [1.165, 1.54) is 16.7 Å². The highest BCUT2D eigenvalue weighted by molar-refractivity contribution is 8.00. The molecule has 2 atom stereocenters. The van der Waals surface area contributed by atoms with Gasteiger partial charge in [0.25, 0.3) is 0 Å². The van der Waals surface area contributed by atoms with Gasteiger partial charge in [0, 0.05) is 17.5 Å². The zero-order valence-corrected chi connectivity index (χ0v) is 12.7. The smallest absolute Gasteiger partial charge is 0.327 e. The monoisotopic (exact) mass is 310 g/mol. The second kappa shape index (κ2) is 6.71. The van der Waals surface area contributed by atoms with Gasteiger partial charge in [0.05, 0.1) is 12.5 Å². The van der Waals surface area contributed by atoms with Gasteiger partial charge in [0.1, 0.15) is 11.8 Å². The molecule has 0 radical (unpaired) electrons. The van der Waals surface area contributed by atoms with Crippen molar-refractivity contribution >= 4 is 29.4 Å². The van der Waals surface area contributed by atoms with Crippen LogP contribution in [0.3, 0.4) is 0 Å². The van der Waals surface area contributed by atoms with Gasteiger partial charge in [0.2, 0.25) is 0 Å². The molecule has 1 aromatic carbocycles. The number of carboxylic acid groups (broad SMARTS) is 1. The van der Waals surface area contributed by atoms with E-state index in [2.05, 4.69) is 5.32 Å². The molecule has 1 aromatic rings. The zero-order valence-electron chi connectivity index (χ0n) is 11.9. The molecular formula is C14H18N2O4S. The number of nitrogens with one attached hydrogen (secondary N) is 1. The molecule has 1 aliphatic rings. The van der Waals surface area contributed by atoms with E-state index in [4.69, 9.17) is 4.74 Å². The lowest BCUT2D eigenvalue weighted by molar-refractivity contribution is -0.141. The molecule has 2 rings (SSSR count). The van der Waals surface area contributed by atoms with Crippen LogP contribution in [0.4, 0.5) is 10.5 Å². The van der Waals surface area contributed by atoms with Crippen molar-refractivity contribution in [3.8, 4) is 5.75 Å². The van der Waals surface area contributed by atoms with E-state index < -0.39 is 18.0 Å². The van der Waals surface area contributed by atoms with E-state index in [1.54, 1.807) is 31.4 Å². The fraction of sp³-hybridized carbons (Fsp3) is 0.429. The molecule has 1 fully saturated rings. The van der Waals surface area contributed by atoms with Crippen LogP contribution in [0, 0.1) is 0 Å². The van der Waals surface area contributed by atoms with Gasteiger partial charge in [-0.25, -0.2) is 9.59 Å². The molecule has 6 nitrogen and oxygen atoms in total. The van der Waals surface area contributed by atoms with Gasteiger partial charge in [-0.05, 0) is 18.6 Å². The van der Waals surface area contributed by atoms with Gasteiger partial charge in [0.15, 0.2) is 0 Å². The van der Waals surface area contributed by atoms with Gasteiger partial charge >= 0.3 is 12.0 Å². The number of amides is 2. The highest BCUT2D eigenvalue weighted by atomic mass is 32.2. The summed E-state index contributed by atoms with van der Waals surface area (Å²) in [7, 11) is 1.55. The van der Waals surface area contributed by atoms with Crippen molar-refractivity contribution in [2.75, 3.05) is 18.2 Å². The van der Waals surface area contributed by atoms with E-state index in [0.717, 1.165) is 0 Å². The number of anilines is 1. The van der Waals surface area contributed by atoms with Crippen molar-refractivity contribution < 1.29 is 19.4 Å². The summed E-state index contributed by atoms with van der Waals surface area (Å²) in [5.74, 6) is 0.0731. The third kappa shape index (κ3) is 3.41. The molecule has 0 aliphatic carbocycles. The van der Waals surface area contributed by atoms with E-state index in [0.29, 0.717) is 23.6 Å². The van der Waals surface area contributed by atoms with Crippen LogP contribution in [0.1, 0.15) is 13.3 Å². The maximum Gasteiger partial charge on any atom is 0.327 e. The Kier molecular flexibility index (Phi) is 4.95. The summed E-state index contributed by atoms with van der Waals surface area (Å²) >= 11 is 1.49. The first-order chi connectivity index (χ1) is 10.1. The highest BCUT2D eigenvalue weighted by Crippen LogP contribution is 2.32. The Morgan fingerprint density at radius 1 is 1.52 bits per heavy atom. The number of nitrogens with zero attached hydrogens (tertiary/aromatic N) is 1. The molecule has 1 saturated heterocycles. The minimum absolute atomic E-state index is 0.114. The molecule has 2 unspecified atom stereocenters. The molecule has 2 N–H and O–H groups in total. The lowest BCUT2D eigenvalue weighted by atomic mass is 10.2. The maximum atomic E-state index is 12.4. The lowest BCUT2D eigenvalue weighted by Gasteiger charge is -2.26. The summed E-state index contributed by atoms with van der Waals surface area (Å²) in [6.45, 7) is 1.94. The Bertz CT molecular complexity index is 537. The average molecular weight is 310 g/mol. The Morgan fingerprint density at radius 2 is 2.29 bits per heavy atom. The number of hydrogen-bond acceptors (Lipinski definition) is 4. The molecule has 1 heterocycles. The highest BCUT2D eigenvalue weighted by Gasteiger charge is 2.40. The van der Waals surface area contributed by atoms with Crippen LogP contribution < -0.4 is 10.1 Å². The SMILES string of the molecule is CCC1SCC(C(=O)O)N1C(=O)Nc1cccc(OC)c1. The normalized spacial score (nSPS) is 21.1. The summed E-state index contributed by atoms with van der Waals surface area (Å²) in [4.78, 5) is 25.1. The summed E-state index contributed by atoms with van der Waals surface area (Å²) in [6, 6.07) is 5.78. The Hall–Kier alpha value is -1.89. The predicted octanol–water partition coefficient (Wildman–Crippen LogP) is 2.47. The lowest BCUT2D eigenvalue weighted by Crippen LogP contribution is -2.47. The first-order valence-corrected chi connectivity index (χ1v) is 7.69. The van der Waals surface area contributed by atoms with Crippen molar-refractivity contribution in [1.82, 2.24) is 4.90 Å². The number of methoxy groups -OCH3 is 1. The van der Waals surface area contributed by atoms with Crippen molar-refractivity contribution in [3.63, 3.8) is 0 Å². The van der Waals surface area contributed by atoms with E-state index >= 15 is 0 Å². The second-order valence-corrected chi connectivity index (χ2v) is 5.83.